The van der Waals surface area contributed by atoms with Gasteiger partial charge in [0.2, 0.25) is 0 Å². The second-order valence-corrected chi connectivity index (χ2v) is 8.65. The van der Waals surface area contributed by atoms with E-state index in [1.54, 1.807) is 36.4 Å². The first-order valence-electron chi connectivity index (χ1n) is 10.8. The van der Waals surface area contributed by atoms with E-state index in [4.69, 9.17) is 14.2 Å². The summed E-state index contributed by atoms with van der Waals surface area (Å²) in [5.74, 6) is 0.363. The Morgan fingerprint density at radius 1 is 0.971 bits per heavy atom. The Kier molecular flexibility index (Phi) is 7.52. The Balaban J connectivity index is 1.43. The van der Waals surface area contributed by atoms with Crippen LogP contribution in [0.15, 0.2) is 77.7 Å². The second-order valence-electron chi connectivity index (χ2n) is 7.66. The molecular formula is C27H23NO6S. The summed E-state index contributed by atoms with van der Waals surface area (Å²) in [6, 6.07) is 21.2. The van der Waals surface area contributed by atoms with Crippen molar-refractivity contribution in [2.45, 2.75) is 6.92 Å². The van der Waals surface area contributed by atoms with Crippen molar-refractivity contribution in [3.8, 4) is 17.2 Å². The number of esters is 1. The minimum atomic E-state index is -0.505. The van der Waals surface area contributed by atoms with E-state index in [0.29, 0.717) is 27.5 Å². The van der Waals surface area contributed by atoms with Crippen molar-refractivity contribution in [1.29, 1.82) is 0 Å². The summed E-state index contributed by atoms with van der Waals surface area (Å²) < 4.78 is 16.5. The molecule has 178 valence electrons. The zero-order chi connectivity index (χ0) is 24.8. The molecule has 1 aliphatic heterocycles. The predicted molar refractivity (Wildman–Crippen MR) is 134 cm³/mol. The fourth-order valence-corrected chi connectivity index (χ4v) is 4.19. The third-order valence-corrected chi connectivity index (χ3v) is 6.08. The van der Waals surface area contributed by atoms with Gasteiger partial charge >= 0.3 is 5.97 Å². The van der Waals surface area contributed by atoms with Crippen LogP contribution in [0.2, 0.25) is 0 Å². The monoisotopic (exact) mass is 489 g/mol. The van der Waals surface area contributed by atoms with E-state index in [1.165, 1.54) is 7.11 Å². The molecule has 1 heterocycles. The molecule has 1 saturated heterocycles. The van der Waals surface area contributed by atoms with E-state index >= 15 is 0 Å². The van der Waals surface area contributed by atoms with Gasteiger partial charge in [0, 0.05) is 0 Å². The lowest BCUT2D eigenvalue weighted by Crippen LogP contribution is -2.32. The molecule has 2 amide bonds. The van der Waals surface area contributed by atoms with Gasteiger partial charge in [-0.3, -0.25) is 14.5 Å². The molecule has 8 heteroatoms. The largest absolute Gasteiger partial charge is 0.493 e. The molecule has 0 bridgehead atoms. The number of thioether (sulfide) groups is 1. The van der Waals surface area contributed by atoms with Crippen molar-refractivity contribution in [2.75, 3.05) is 20.3 Å². The van der Waals surface area contributed by atoms with Crippen LogP contribution in [0.5, 0.6) is 17.2 Å². The highest BCUT2D eigenvalue weighted by Crippen LogP contribution is 2.34. The number of imide groups is 1. The first-order chi connectivity index (χ1) is 16.9. The highest BCUT2D eigenvalue weighted by molar-refractivity contribution is 8.18. The number of hydrogen-bond acceptors (Lipinski definition) is 7. The average molecular weight is 490 g/mol. The van der Waals surface area contributed by atoms with Gasteiger partial charge in [-0.2, -0.15) is 0 Å². The number of para-hydroxylation sites is 1. The number of amides is 2. The normalized spacial score (nSPS) is 14.3. The summed E-state index contributed by atoms with van der Waals surface area (Å²) in [5, 5.41) is -0.353. The van der Waals surface area contributed by atoms with Gasteiger partial charge in [-0.15, -0.1) is 0 Å². The van der Waals surface area contributed by atoms with Crippen molar-refractivity contribution >= 4 is 35.0 Å². The van der Waals surface area contributed by atoms with Gasteiger partial charge in [0.05, 0.1) is 24.1 Å². The van der Waals surface area contributed by atoms with Gasteiger partial charge in [-0.25, -0.2) is 4.79 Å². The molecule has 3 aromatic rings. The molecule has 4 rings (SSSR count). The van der Waals surface area contributed by atoms with Gasteiger partial charge < -0.3 is 14.2 Å². The first kappa shape index (κ1) is 24.1. The Hall–Kier alpha value is -4.04. The van der Waals surface area contributed by atoms with Crippen molar-refractivity contribution < 1.29 is 28.6 Å². The smallest absolute Gasteiger partial charge is 0.343 e. The van der Waals surface area contributed by atoms with Crippen molar-refractivity contribution in [3.63, 3.8) is 0 Å². The maximum absolute atomic E-state index is 12.8. The quantitative estimate of drug-likeness (QED) is 0.240. The van der Waals surface area contributed by atoms with Crippen molar-refractivity contribution in [3.05, 3.63) is 94.4 Å². The molecule has 0 atom stereocenters. The van der Waals surface area contributed by atoms with E-state index < -0.39 is 5.97 Å². The predicted octanol–water partition coefficient (Wildman–Crippen LogP) is 5.34. The minimum absolute atomic E-state index is 0.147. The third-order valence-electron chi connectivity index (χ3n) is 5.18. The van der Waals surface area contributed by atoms with E-state index in [9.17, 15) is 14.4 Å². The van der Waals surface area contributed by atoms with Gasteiger partial charge in [0.1, 0.15) is 12.4 Å². The van der Waals surface area contributed by atoms with Crippen LogP contribution >= 0.6 is 11.8 Å². The second kappa shape index (κ2) is 10.9. The van der Waals surface area contributed by atoms with Crippen LogP contribution in [0.4, 0.5) is 4.79 Å². The molecule has 0 saturated carbocycles. The van der Waals surface area contributed by atoms with Gasteiger partial charge in [0.25, 0.3) is 11.1 Å². The molecule has 0 spiro atoms. The molecule has 0 unspecified atom stereocenters. The van der Waals surface area contributed by atoms with Crippen LogP contribution in [-0.2, 0) is 4.79 Å². The van der Waals surface area contributed by atoms with Crippen LogP contribution < -0.4 is 14.2 Å². The number of carbonyl (C=O) groups excluding carboxylic acids is 3. The Labute approximate surface area is 207 Å². The molecule has 0 N–H and O–H groups in total. The van der Waals surface area contributed by atoms with Gasteiger partial charge in [-0.05, 0) is 66.7 Å². The zero-order valence-corrected chi connectivity index (χ0v) is 20.0. The molecule has 0 radical (unpaired) electrons. The highest BCUT2D eigenvalue weighted by Gasteiger charge is 2.34. The van der Waals surface area contributed by atoms with E-state index in [-0.39, 0.29) is 30.0 Å². The number of aryl methyl sites for hydroxylation is 1. The number of hydrogen-bond donors (Lipinski definition) is 0. The molecule has 1 aliphatic rings. The molecule has 0 aromatic heterocycles. The molecule has 7 nitrogen and oxygen atoms in total. The molecule has 1 fully saturated rings. The topological polar surface area (TPSA) is 82.1 Å². The summed E-state index contributed by atoms with van der Waals surface area (Å²) in [6.45, 7) is 2.28. The average Bonchev–Trinajstić information content (AvgIpc) is 3.13. The maximum atomic E-state index is 12.8. The first-order valence-corrected chi connectivity index (χ1v) is 11.7. The Bertz CT molecular complexity index is 1270. The van der Waals surface area contributed by atoms with Crippen molar-refractivity contribution in [1.82, 2.24) is 4.90 Å². The lowest BCUT2D eigenvalue weighted by molar-refractivity contribution is -0.123. The SMILES string of the molecule is COc1cc(/C=C2\SC(=O)N(CCOc3ccccc3)C2=O)ccc1OC(=O)c1ccc(C)cc1. The number of benzene rings is 3. The number of methoxy groups -OCH3 is 1. The lowest BCUT2D eigenvalue weighted by atomic mass is 10.1. The van der Waals surface area contributed by atoms with Crippen LogP contribution in [0, 0.1) is 6.92 Å². The summed E-state index contributed by atoms with van der Waals surface area (Å²) in [6.07, 6.45) is 1.61. The maximum Gasteiger partial charge on any atom is 0.343 e. The zero-order valence-electron chi connectivity index (χ0n) is 19.2. The van der Waals surface area contributed by atoms with Gasteiger partial charge in [0.15, 0.2) is 11.5 Å². The van der Waals surface area contributed by atoms with E-state index in [1.807, 2.05) is 49.4 Å². The van der Waals surface area contributed by atoms with Crippen LogP contribution in [0.1, 0.15) is 21.5 Å². The molecular weight excluding hydrogens is 466 g/mol. The van der Waals surface area contributed by atoms with E-state index in [0.717, 1.165) is 22.2 Å². The lowest BCUT2D eigenvalue weighted by Gasteiger charge is -2.13. The fraction of sp³-hybridized carbons (Fsp3) is 0.148. The molecule has 35 heavy (non-hydrogen) atoms. The van der Waals surface area contributed by atoms with Gasteiger partial charge in [-0.1, -0.05) is 42.0 Å². The Morgan fingerprint density at radius 3 is 2.43 bits per heavy atom. The number of ether oxygens (including phenoxy) is 3. The molecule has 3 aromatic carbocycles. The van der Waals surface area contributed by atoms with Crippen LogP contribution in [-0.4, -0.2) is 42.3 Å². The fourth-order valence-electron chi connectivity index (χ4n) is 3.32. The number of nitrogens with zero attached hydrogens (tertiary/aromatic N) is 1. The van der Waals surface area contributed by atoms with Crippen molar-refractivity contribution in [2.24, 2.45) is 0 Å². The summed E-state index contributed by atoms with van der Waals surface area (Å²) in [5.41, 5.74) is 2.09. The van der Waals surface area contributed by atoms with Crippen LogP contribution in [0.25, 0.3) is 6.08 Å². The molecule has 0 aliphatic carbocycles. The summed E-state index contributed by atoms with van der Waals surface area (Å²) in [4.78, 5) is 39.1. The Morgan fingerprint density at radius 2 is 1.71 bits per heavy atom. The standard InChI is InChI=1S/C27H23NO6S/c1-18-8-11-20(12-9-18)26(30)34-22-13-10-19(16-23(22)32-2)17-24-25(29)28(27(31)35-24)14-15-33-21-6-4-3-5-7-21/h3-13,16-17H,14-15H2,1-2H3/b24-17-. The third kappa shape index (κ3) is 5.91. The van der Waals surface area contributed by atoms with E-state index in [2.05, 4.69) is 0 Å². The summed E-state index contributed by atoms with van der Waals surface area (Å²) in [7, 11) is 1.46. The summed E-state index contributed by atoms with van der Waals surface area (Å²) >= 11 is 0.866. The highest BCUT2D eigenvalue weighted by atomic mass is 32.2. The minimum Gasteiger partial charge on any atom is -0.493 e. The number of carbonyl (C=O) groups is 3. The van der Waals surface area contributed by atoms with Crippen LogP contribution in [0.3, 0.4) is 0 Å². The number of rotatable bonds is 8.